The van der Waals surface area contributed by atoms with Gasteiger partial charge in [-0.25, -0.2) is 17.8 Å². The minimum atomic E-state index is -4.03. The molecule has 8 nitrogen and oxygen atoms in total. The predicted molar refractivity (Wildman–Crippen MR) is 125 cm³/mol. The van der Waals surface area contributed by atoms with Crippen molar-refractivity contribution >= 4 is 49.9 Å². The number of hydrogen-bond acceptors (Lipinski definition) is 5. The molecule has 11 heteroatoms. The van der Waals surface area contributed by atoms with E-state index in [1.165, 1.54) is 43.6 Å². The number of amides is 1. The molecule has 2 aromatic carbocycles. The van der Waals surface area contributed by atoms with Gasteiger partial charge in [0.15, 0.2) is 5.65 Å². The van der Waals surface area contributed by atoms with Crippen molar-refractivity contribution in [1.82, 2.24) is 14.8 Å². The quantitative estimate of drug-likeness (QED) is 0.456. The van der Waals surface area contributed by atoms with E-state index in [9.17, 15) is 17.6 Å². The van der Waals surface area contributed by atoms with E-state index in [1.807, 2.05) is 6.92 Å². The van der Waals surface area contributed by atoms with Crippen molar-refractivity contribution in [2.75, 3.05) is 16.7 Å². The predicted octanol–water partition coefficient (Wildman–Crippen LogP) is 4.15. The Balaban J connectivity index is 1.64. The first-order valence-electron chi connectivity index (χ1n) is 9.72. The van der Waals surface area contributed by atoms with Gasteiger partial charge in [-0.2, -0.15) is 5.10 Å². The van der Waals surface area contributed by atoms with Crippen molar-refractivity contribution in [3.8, 4) is 0 Å². The number of carbonyl (C=O) groups is 1. The monoisotopic (exact) mass is 487 g/mol. The fourth-order valence-electron chi connectivity index (χ4n) is 3.36. The van der Waals surface area contributed by atoms with E-state index >= 15 is 0 Å². The summed E-state index contributed by atoms with van der Waals surface area (Å²) >= 11 is 6.21. The van der Waals surface area contributed by atoms with Crippen LogP contribution in [-0.4, -0.2) is 36.1 Å². The number of aryl methyl sites for hydroxylation is 2. The SMILES string of the molecule is Cc1nn(C)c2ncc(NC(=O)c3cc(S(=O)(=O)N(C)c4ccc(F)cc4)ccc3Cl)cc12. The lowest BCUT2D eigenvalue weighted by molar-refractivity contribution is 0.102. The highest BCUT2D eigenvalue weighted by molar-refractivity contribution is 7.92. The summed E-state index contributed by atoms with van der Waals surface area (Å²) in [5, 5.41) is 7.86. The maximum Gasteiger partial charge on any atom is 0.264 e. The maximum absolute atomic E-state index is 13.2. The van der Waals surface area contributed by atoms with E-state index in [2.05, 4.69) is 15.4 Å². The first-order valence-corrected chi connectivity index (χ1v) is 11.5. The second-order valence-corrected chi connectivity index (χ2v) is 9.73. The van der Waals surface area contributed by atoms with Crippen LogP contribution in [0.2, 0.25) is 5.02 Å². The first-order chi connectivity index (χ1) is 15.6. The van der Waals surface area contributed by atoms with Gasteiger partial charge >= 0.3 is 0 Å². The van der Waals surface area contributed by atoms with Crippen molar-refractivity contribution < 1.29 is 17.6 Å². The van der Waals surface area contributed by atoms with Gasteiger partial charge in [-0.3, -0.25) is 13.8 Å². The molecule has 0 fully saturated rings. The lowest BCUT2D eigenvalue weighted by atomic mass is 10.2. The fourth-order valence-corrected chi connectivity index (χ4v) is 4.79. The van der Waals surface area contributed by atoms with E-state index in [0.717, 1.165) is 27.5 Å². The van der Waals surface area contributed by atoms with Crippen LogP contribution in [0.3, 0.4) is 0 Å². The van der Waals surface area contributed by atoms with Crippen LogP contribution in [0.25, 0.3) is 11.0 Å². The number of nitrogens with one attached hydrogen (secondary N) is 1. The van der Waals surface area contributed by atoms with Crippen molar-refractivity contribution in [2.24, 2.45) is 7.05 Å². The van der Waals surface area contributed by atoms with E-state index in [1.54, 1.807) is 17.8 Å². The molecule has 0 saturated heterocycles. The van der Waals surface area contributed by atoms with Gasteiger partial charge in [0.2, 0.25) is 0 Å². The van der Waals surface area contributed by atoms with Gasteiger partial charge < -0.3 is 5.32 Å². The van der Waals surface area contributed by atoms with Gasteiger partial charge in [-0.05, 0) is 55.5 Å². The van der Waals surface area contributed by atoms with E-state index < -0.39 is 21.7 Å². The Kier molecular flexibility index (Phi) is 5.81. The molecule has 0 aliphatic rings. The van der Waals surface area contributed by atoms with Crippen LogP contribution < -0.4 is 9.62 Å². The summed E-state index contributed by atoms with van der Waals surface area (Å²) in [6.07, 6.45) is 1.48. The number of anilines is 2. The molecule has 170 valence electrons. The van der Waals surface area contributed by atoms with Crippen LogP contribution in [0, 0.1) is 12.7 Å². The summed E-state index contributed by atoms with van der Waals surface area (Å²) in [5.74, 6) is -1.08. The van der Waals surface area contributed by atoms with Gasteiger partial charge in [-0.15, -0.1) is 0 Å². The third-order valence-electron chi connectivity index (χ3n) is 5.15. The molecule has 2 heterocycles. The van der Waals surface area contributed by atoms with Crippen LogP contribution in [0.1, 0.15) is 16.1 Å². The molecule has 0 unspecified atom stereocenters. The second kappa shape index (κ2) is 8.45. The van der Waals surface area contributed by atoms with Crippen LogP contribution >= 0.6 is 11.6 Å². The van der Waals surface area contributed by atoms with E-state index in [-0.39, 0.29) is 21.2 Å². The number of sulfonamides is 1. The lowest BCUT2D eigenvalue weighted by Crippen LogP contribution is -2.27. The van der Waals surface area contributed by atoms with Crippen LogP contribution in [0.5, 0.6) is 0 Å². The molecule has 1 N–H and O–H groups in total. The van der Waals surface area contributed by atoms with Crippen molar-refractivity contribution in [3.05, 3.63) is 76.8 Å². The van der Waals surface area contributed by atoms with Gasteiger partial charge in [0.25, 0.3) is 15.9 Å². The molecule has 0 aliphatic carbocycles. The van der Waals surface area contributed by atoms with Crippen LogP contribution in [0.15, 0.2) is 59.6 Å². The summed E-state index contributed by atoms with van der Waals surface area (Å²) in [6, 6.07) is 10.6. The second-order valence-electron chi connectivity index (χ2n) is 7.35. The minimum Gasteiger partial charge on any atom is -0.321 e. The molecule has 33 heavy (non-hydrogen) atoms. The van der Waals surface area contributed by atoms with Crippen molar-refractivity contribution in [2.45, 2.75) is 11.8 Å². The van der Waals surface area contributed by atoms with Gasteiger partial charge in [-0.1, -0.05) is 11.6 Å². The molecule has 0 spiro atoms. The number of halogens is 2. The highest BCUT2D eigenvalue weighted by atomic mass is 35.5. The summed E-state index contributed by atoms with van der Waals surface area (Å²) < 4.78 is 42.0. The fraction of sp³-hybridized carbons (Fsp3) is 0.136. The molecule has 0 radical (unpaired) electrons. The molecule has 0 aliphatic heterocycles. The molecule has 1 amide bonds. The van der Waals surface area contributed by atoms with Crippen molar-refractivity contribution in [3.63, 3.8) is 0 Å². The molecular formula is C22H19ClFN5O3S. The maximum atomic E-state index is 13.2. The number of nitrogens with zero attached hydrogens (tertiary/aromatic N) is 4. The Labute approximate surface area is 194 Å². The standard InChI is InChI=1S/C22H19ClFN5O3S/c1-13-18-10-15(12-25-21(18)28(2)27-13)26-22(30)19-11-17(8-9-20(19)23)33(31,32)29(3)16-6-4-14(24)5-7-16/h4-12H,1-3H3,(H,26,30). The average molecular weight is 488 g/mol. The van der Waals surface area contributed by atoms with Crippen LogP contribution in [-0.2, 0) is 17.1 Å². The number of fused-ring (bicyclic) bond motifs is 1. The highest BCUT2D eigenvalue weighted by Gasteiger charge is 2.24. The Morgan fingerprint density at radius 2 is 1.85 bits per heavy atom. The minimum absolute atomic E-state index is 0.0201. The molecule has 2 aromatic heterocycles. The average Bonchev–Trinajstić information content (AvgIpc) is 3.06. The zero-order valence-electron chi connectivity index (χ0n) is 17.9. The zero-order chi connectivity index (χ0) is 23.9. The number of benzene rings is 2. The summed E-state index contributed by atoms with van der Waals surface area (Å²) in [5.41, 5.74) is 2.08. The summed E-state index contributed by atoms with van der Waals surface area (Å²) in [4.78, 5) is 17.1. The number of pyridine rings is 1. The van der Waals surface area contributed by atoms with Crippen molar-refractivity contribution in [1.29, 1.82) is 0 Å². The highest BCUT2D eigenvalue weighted by Crippen LogP contribution is 2.27. The Hall–Kier alpha value is -3.50. The smallest absolute Gasteiger partial charge is 0.264 e. The lowest BCUT2D eigenvalue weighted by Gasteiger charge is -2.20. The third kappa shape index (κ3) is 4.27. The van der Waals surface area contributed by atoms with E-state index in [4.69, 9.17) is 11.6 Å². The van der Waals surface area contributed by atoms with Gasteiger partial charge in [0.1, 0.15) is 5.82 Å². The molecule has 0 atom stereocenters. The number of hydrogen-bond donors (Lipinski definition) is 1. The van der Waals surface area contributed by atoms with Gasteiger partial charge in [0, 0.05) is 19.5 Å². The molecule has 0 bridgehead atoms. The molecule has 4 aromatic rings. The first kappa shape index (κ1) is 22.7. The third-order valence-corrected chi connectivity index (χ3v) is 7.26. The molecule has 4 rings (SSSR count). The number of rotatable bonds is 5. The Morgan fingerprint density at radius 3 is 2.55 bits per heavy atom. The molecule has 0 saturated carbocycles. The largest absolute Gasteiger partial charge is 0.321 e. The summed E-state index contributed by atoms with van der Waals surface area (Å²) in [6.45, 7) is 1.83. The number of carbonyl (C=O) groups excluding carboxylic acids is 1. The molecular weight excluding hydrogens is 469 g/mol. The zero-order valence-corrected chi connectivity index (χ0v) is 19.4. The van der Waals surface area contributed by atoms with Crippen LogP contribution in [0.4, 0.5) is 15.8 Å². The Morgan fingerprint density at radius 1 is 1.15 bits per heavy atom. The number of aromatic nitrogens is 3. The normalized spacial score (nSPS) is 11.5. The van der Waals surface area contributed by atoms with Gasteiger partial charge in [0.05, 0.1) is 38.7 Å². The Bertz CT molecular complexity index is 1490. The summed E-state index contributed by atoms with van der Waals surface area (Å²) in [7, 11) is -0.919. The van der Waals surface area contributed by atoms with E-state index in [0.29, 0.717) is 11.3 Å². The topological polar surface area (TPSA) is 97.2 Å².